The molecule has 1 aromatic rings. The van der Waals surface area contributed by atoms with Gasteiger partial charge in [-0.2, -0.15) is 0 Å². The Bertz CT molecular complexity index is 401. The zero-order chi connectivity index (χ0) is 13.0. The summed E-state index contributed by atoms with van der Waals surface area (Å²) >= 11 is 5.19. The predicted molar refractivity (Wildman–Crippen MR) is 78.8 cm³/mol. The number of hydrogen-bond acceptors (Lipinski definition) is 3. The topological polar surface area (TPSA) is 23.6 Å². The Balaban J connectivity index is 1.79. The number of likely N-dealkylation sites (tertiary alicyclic amines) is 1. The summed E-state index contributed by atoms with van der Waals surface area (Å²) in [6.45, 7) is 3.25. The minimum Gasteiger partial charge on any atom is -0.342 e. The summed E-state index contributed by atoms with van der Waals surface area (Å²) in [6.07, 6.45) is 3.59. The fraction of sp³-hybridized carbons (Fsp3) is 0.615. The molecule has 18 heavy (non-hydrogen) atoms. The molecule has 0 aromatic carbocycles. The molecule has 1 aromatic heterocycles. The molecule has 1 aliphatic rings. The van der Waals surface area contributed by atoms with Gasteiger partial charge < -0.3 is 4.90 Å². The van der Waals surface area contributed by atoms with Crippen molar-refractivity contribution in [1.29, 1.82) is 0 Å². The summed E-state index contributed by atoms with van der Waals surface area (Å²) in [5.74, 6) is 0.271. The van der Waals surface area contributed by atoms with Crippen molar-refractivity contribution in [3.63, 3.8) is 0 Å². The third-order valence-electron chi connectivity index (χ3n) is 3.17. The number of carbonyl (C=O) groups is 1. The van der Waals surface area contributed by atoms with Gasteiger partial charge >= 0.3 is 0 Å². The minimum atomic E-state index is 0.271. The lowest BCUT2D eigenvalue weighted by molar-refractivity contribution is -0.133. The molecule has 0 saturated carbocycles. The molecule has 2 rings (SSSR count). The molecule has 0 aliphatic carbocycles. The lowest BCUT2D eigenvalue weighted by Crippen LogP contribution is -2.41. The molecular formula is C13H19BrN2OS. The monoisotopic (exact) mass is 330 g/mol. The van der Waals surface area contributed by atoms with Crippen LogP contribution in [-0.2, 0) is 11.3 Å². The zero-order valence-electron chi connectivity index (χ0n) is 10.7. The Morgan fingerprint density at radius 2 is 2.11 bits per heavy atom. The molecule has 5 heteroatoms. The van der Waals surface area contributed by atoms with Gasteiger partial charge in [-0.3, -0.25) is 9.69 Å². The minimum absolute atomic E-state index is 0.271. The number of carbonyl (C=O) groups excluding carboxylic acids is 1. The molecule has 0 atom stereocenters. The van der Waals surface area contributed by atoms with Crippen LogP contribution in [0.4, 0.5) is 0 Å². The van der Waals surface area contributed by atoms with Crippen LogP contribution >= 0.6 is 27.3 Å². The van der Waals surface area contributed by atoms with Crippen molar-refractivity contribution < 1.29 is 4.79 Å². The Morgan fingerprint density at radius 3 is 2.72 bits per heavy atom. The average Bonchev–Trinajstić information content (AvgIpc) is 2.75. The van der Waals surface area contributed by atoms with Crippen LogP contribution in [0.3, 0.4) is 0 Å². The van der Waals surface area contributed by atoms with Crippen LogP contribution in [-0.4, -0.2) is 42.4 Å². The zero-order valence-corrected chi connectivity index (χ0v) is 13.1. The van der Waals surface area contributed by atoms with E-state index < -0.39 is 0 Å². The van der Waals surface area contributed by atoms with Crippen LogP contribution in [0, 0.1) is 0 Å². The van der Waals surface area contributed by atoms with Crippen molar-refractivity contribution in [3.05, 3.63) is 20.8 Å². The van der Waals surface area contributed by atoms with Gasteiger partial charge in [-0.15, -0.1) is 11.3 Å². The Kier molecular flexibility index (Phi) is 5.21. The van der Waals surface area contributed by atoms with E-state index in [0.717, 1.165) is 36.3 Å². The molecular weight excluding hydrogens is 312 g/mol. The number of thiophene rings is 1. The van der Waals surface area contributed by atoms with Crippen LogP contribution in [0.2, 0.25) is 0 Å². The van der Waals surface area contributed by atoms with E-state index in [1.165, 1.54) is 11.3 Å². The van der Waals surface area contributed by atoms with Gasteiger partial charge in [0.15, 0.2) is 0 Å². The summed E-state index contributed by atoms with van der Waals surface area (Å²) in [4.78, 5) is 17.5. The summed E-state index contributed by atoms with van der Waals surface area (Å²) < 4.78 is 1.15. The second kappa shape index (κ2) is 6.68. The molecule has 2 heterocycles. The molecule has 100 valence electrons. The van der Waals surface area contributed by atoms with Crippen molar-refractivity contribution in [2.45, 2.75) is 25.8 Å². The predicted octanol–water partition coefficient (Wildman–Crippen LogP) is 2.95. The molecule has 1 aliphatic heterocycles. The molecule has 0 unspecified atom stereocenters. The Hall–Kier alpha value is -0.390. The molecule has 3 nitrogen and oxygen atoms in total. The standard InChI is InChI=1S/C13H19BrN2OS/c1-15(9-11-5-6-12(14)18-11)10-13(17)16-7-3-2-4-8-16/h5-6H,2-4,7-10H2,1H3. The van der Waals surface area contributed by atoms with E-state index in [2.05, 4.69) is 33.0 Å². The van der Waals surface area contributed by atoms with Crippen LogP contribution < -0.4 is 0 Å². The van der Waals surface area contributed by atoms with Crippen molar-refractivity contribution in [1.82, 2.24) is 9.80 Å². The third kappa shape index (κ3) is 4.07. The number of hydrogen-bond donors (Lipinski definition) is 0. The second-order valence-electron chi connectivity index (χ2n) is 4.82. The number of likely N-dealkylation sites (N-methyl/N-ethyl adjacent to an activating group) is 1. The van der Waals surface area contributed by atoms with E-state index in [4.69, 9.17) is 0 Å². The van der Waals surface area contributed by atoms with Gasteiger partial charge in [-0.1, -0.05) is 0 Å². The molecule has 0 N–H and O–H groups in total. The SMILES string of the molecule is CN(CC(=O)N1CCCCC1)Cc1ccc(Br)s1. The van der Waals surface area contributed by atoms with Crippen molar-refractivity contribution in [2.24, 2.45) is 0 Å². The van der Waals surface area contributed by atoms with Gasteiger partial charge in [0.2, 0.25) is 5.91 Å². The quantitative estimate of drug-likeness (QED) is 0.847. The first kappa shape index (κ1) is 14.0. The second-order valence-corrected chi connectivity index (χ2v) is 7.37. The van der Waals surface area contributed by atoms with Crippen molar-refractivity contribution in [2.75, 3.05) is 26.7 Å². The number of halogens is 1. The first-order chi connectivity index (χ1) is 8.65. The Morgan fingerprint density at radius 1 is 1.39 bits per heavy atom. The van der Waals surface area contributed by atoms with Gasteiger partial charge in [0, 0.05) is 24.5 Å². The van der Waals surface area contributed by atoms with Gasteiger partial charge in [0.25, 0.3) is 0 Å². The first-order valence-corrected chi connectivity index (χ1v) is 7.96. The maximum absolute atomic E-state index is 12.1. The van der Waals surface area contributed by atoms with E-state index in [9.17, 15) is 4.79 Å². The van der Waals surface area contributed by atoms with Crippen molar-refractivity contribution >= 4 is 33.2 Å². The lowest BCUT2D eigenvalue weighted by atomic mass is 10.1. The number of nitrogens with zero attached hydrogens (tertiary/aromatic N) is 2. The fourth-order valence-electron chi connectivity index (χ4n) is 2.23. The van der Waals surface area contributed by atoms with Gasteiger partial charge in [-0.25, -0.2) is 0 Å². The average molecular weight is 331 g/mol. The van der Waals surface area contributed by atoms with Gasteiger partial charge in [0.05, 0.1) is 10.3 Å². The lowest BCUT2D eigenvalue weighted by Gasteiger charge is -2.28. The normalized spacial score (nSPS) is 16.3. The van der Waals surface area contributed by atoms with E-state index >= 15 is 0 Å². The number of amides is 1. The highest BCUT2D eigenvalue weighted by molar-refractivity contribution is 9.11. The van der Waals surface area contributed by atoms with E-state index in [0.29, 0.717) is 6.54 Å². The first-order valence-electron chi connectivity index (χ1n) is 6.35. The highest BCUT2D eigenvalue weighted by atomic mass is 79.9. The molecule has 0 spiro atoms. The van der Waals surface area contributed by atoms with Crippen LogP contribution in [0.1, 0.15) is 24.1 Å². The third-order valence-corrected chi connectivity index (χ3v) is 4.78. The van der Waals surface area contributed by atoms with Crippen LogP contribution in [0.25, 0.3) is 0 Å². The maximum atomic E-state index is 12.1. The fourth-order valence-corrected chi connectivity index (χ4v) is 3.80. The maximum Gasteiger partial charge on any atom is 0.236 e. The summed E-state index contributed by atoms with van der Waals surface area (Å²) in [5, 5.41) is 0. The van der Waals surface area contributed by atoms with E-state index in [-0.39, 0.29) is 5.91 Å². The van der Waals surface area contributed by atoms with Gasteiger partial charge in [0.1, 0.15) is 0 Å². The Labute approximate surface area is 121 Å². The highest BCUT2D eigenvalue weighted by Crippen LogP contribution is 2.23. The molecule has 0 radical (unpaired) electrons. The summed E-state index contributed by atoms with van der Waals surface area (Å²) in [7, 11) is 2.01. The largest absolute Gasteiger partial charge is 0.342 e. The molecule has 0 bridgehead atoms. The van der Waals surface area contributed by atoms with Crippen LogP contribution in [0.5, 0.6) is 0 Å². The van der Waals surface area contributed by atoms with E-state index in [1.807, 2.05) is 11.9 Å². The molecule has 1 fully saturated rings. The summed E-state index contributed by atoms with van der Waals surface area (Å²) in [6, 6.07) is 4.16. The number of piperidine rings is 1. The summed E-state index contributed by atoms with van der Waals surface area (Å²) in [5.41, 5.74) is 0. The highest BCUT2D eigenvalue weighted by Gasteiger charge is 2.17. The van der Waals surface area contributed by atoms with Crippen LogP contribution in [0.15, 0.2) is 15.9 Å². The van der Waals surface area contributed by atoms with Crippen molar-refractivity contribution in [3.8, 4) is 0 Å². The molecule has 1 amide bonds. The molecule has 1 saturated heterocycles. The van der Waals surface area contributed by atoms with E-state index in [1.54, 1.807) is 11.3 Å². The smallest absolute Gasteiger partial charge is 0.236 e. The number of rotatable bonds is 4. The van der Waals surface area contributed by atoms with Gasteiger partial charge in [-0.05, 0) is 54.4 Å².